The molecule has 1 aromatic carbocycles. The summed E-state index contributed by atoms with van der Waals surface area (Å²) < 4.78 is 18.6. The Balaban J connectivity index is 2.74. The highest BCUT2D eigenvalue weighted by atomic mass is 19.1. The molecule has 0 aromatic heterocycles. The van der Waals surface area contributed by atoms with E-state index in [9.17, 15) is 4.39 Å². The molecule has 1 rings (SSSR count). The van der Waals surface area contributed by atoms with Crippen LogP contribution in [0.4, 0.5) is 4.39 Å². The Morgan fingerprint density at radius 3 is 2.79 bits per heavy atom. The van der Waals surface area contributed by atoms with Gasteiger partial charge in [0, 0.05) is 26.3 Å². The van der Waals surface area contributed by atoms with Gasteiger partial charge in [0.1, 0.15) is 5.82 Å². The molecular weight excluding hydrogens is 247 g/mol. The molecule has 0 saturated heterocycles. The molecule has 5 nitrogen and oxygen atoms in total. The summed E-state index contributed by atoms with van der Waals surface area (Å²) in [6.07, 6.45) is 0. The van der Waals surface area contributed by atoms with E-state index >= 15 is 0 Å². The number of nitrogens with zero attached hydrogens (tertiary/aromatic N) is 2. The van der Waals surface area contributed by atoms with E-state index in [1.54, 1.807) is 37.3 Å². The van der Waals surface area contributed by atoms with Crippen LogP contribution in [0.3, 0.4) is 0 Å². The van der Waals surface area contributed by atoms with E-state index in [2.05, 4.69) is 10.4 Å². The predicted molar refractivity (Wildman–Crippen MR) is 74.0 cm³/mol. The van der Waals surface area contributed by atoms with Crippen molar-refractivity contribution in [2.75, 3.05) is 20.8 Å². The van der Waals surface area contributed by atoms with Crippen molar-refractivity contribution in [2.24, 2.45) is 10.8 Å². The van der Waals surface area contributed by atoms with Gasteiger partial charge in [0.15, 0.2) is 0 Å². The minimum Gasteiger partial charge on any atom is -0.382 e. The van der Waals surface area contributed by atoms with Crippen molar-refractivity contribution in [3.63, 3.8) is 0 Å². The highest BCUT2D eigenvalue weighted by molar-refractivity contribution is 5.79. The first-order chi connectivity index (χ1) is 9.08. The number of guanidine groups is 1. The van der Waals surface area contributed by atoms with E-state index in [1.165, 1.54) is 6.07 Å². The zero-order valence-corrected chi connectivity index (χ0v) is 11.6. The molecule has 1 unspecified atom stereocenters. The molecule has 3 N–H and O–H groups in total. The van der Waals surface area contributed by atoms with Gasteiger partial charge in [-0.25, -0.2) is 15.2 Å². The minimum absolute atomic E-state index is 0.0286. The van der Waals surface area contributed by atoms with E-state index in [1.807, 2.05) is 6.92 Å². The second-order valence-electron chi connectivity index (χ2n) is 4.35. The number of hydrogen-bond acceptors (Lipinski definition) is 3. The zero-order chi connectivity index (χ0) is 14.3. The van der Waals surface area contributed by atoms with E-state index in [4.69, 9.17) is 10.6 Å². The number of benzene rings is 1. The lowest BCUT2D eigenvalue weighted by atomic mass is 10.2. The number of rotatable bonds is 5. The number of nitrogens with one attached hydrogen (secondary N) is 1. The van der Waals surface area contributed by atoms with Gasteiger partial charge in [0.2, 0.25) is 5.96 Å². The maximum Gasteiger partial charge on any atom is 0.208 e. The summed E-state index contributed by atoms with van der Waals surface area (Å²) in [5, 5.41) is 0. The fraction of sp³-hybridized carbons (Fsp3) is 0.462. The standard InChI is InChI=1S/C13H21FN4O/c1-10(9-19-3)16-13(17-15)18(2)8-11-6-4-5-7-12(11)14/h4-7,10H,8-9,15H2,1-3H3,(H,16,17). The Labute approximate surface area is 113 Å². The van der Waals surface area contributed by atoms with Crippen molar-refractivity contribution in [3.8, 4) is 0 Å². The van der Waals surface area contributed by atoms with Gasteiger partial charge in [0.05, 0.1) is 12.6 Å². The van der Waals surface area contributed by atoms with Crippen molar-refractivity contribution in [1.29, 1.82) is 0 Å². The molecule has 0 amide bonds. The van der Waals surface area contributed by atoms with Crippen LogP contribution >= 0.6 is 0 Å². The van der Waals surface area contributed by atoms with Crippen molar-refractivity contribution in [3.05, 3.63) is 35.6 Å². The van der Waals surface area contributed by atoms with Crippen LogP contribution in [0, 0.1) is 5.82 Å². The van der Waals surface area contributed by atoms with Crippen LogP contribution < -0.4 is 11.3 Å². The van der Waals surface area contributed by atoms with Crippen molar-refractivity contribution < 1.29 is 9.13 Å². The van der Waals surface area contributed by atoms with E-state index in [-0.39, 0.29) is 11.9 Å². The third-order valence-corrected chi connectivity index (χ3v) is 2.61. The van der Waals surface area contributed by atoms with Crippen LogP contribution in [0.2, 0.25) is 0 Å². The molecule has 0 spiro atoms. The third kappa shape index (κ3) is 4.84. The quantitative estimate of drug-likeness (QED) is 0.363. The molecular formula is C13H21FN4O. The van der Waals surface area contributed by atoms with Gasteiger partial charge < -0.3 is 9.64 Å². The maximum absolute atomic E-state index is 13.6. The molecule has 0 aliphatic heterocycles. The number of halogens is 1. The molecule has 0 fully saturated rings. The van der Waals surface area contributed by atoms with Gasteiger partial charge in [-0.2, -0.15) is 0 Å². The first-order valence-corrected chi connectivity index (χ1v) is 6.06. The third-order valence-electron chi connectivity index (χ3n) is 2.61. The monoisotopic (exact) mass is 268 g/mol. The summed E-state index contributed by atoms with van der Waals surface area (Å²) in [4.78, 5) is 6.12. The van der Waals surface area contributed by atoms with Crippen LogP contribution in [0.25, 0.3) is 0 Å². The highest BCUT2D eigenvalue weighted by Crippen LogP contribution is 2.09. The number of hydrazine groups is 1. The van der Waals surface area contributed by atoms with E-state index < -0.39 is 0 Å². The van der Waals surface area contributed by atoms with Crippen molar-refractivity contribution in [1.82, 2.24) is 10.3 Å². The lowest BCUT2D eigenvalue weighted by Gasteiger charge is -2.22. The first-order valence-electron chi connectivity index (χ1n) is 6.06. The molecule has 19 heavy (non-hydrogen) atoms. The van der Waals surface area contributed by atoms with Crippen molar-refractivity contribution in [2.45, 2.75) is 19.5 Å². The number of aliphatic imine (C=N–C) groups is 1. The van der Waals surface area contributed by atoms with E-state index in [0.717, 1.165) is 0 Å². The maximum atomic E-state index is 13.6. The Morgan fingerprint density at radius 2 is 2.21 bits per heavy atom. The van der Waals surface area contributed by atoms with Crippen LogP contribution in [0.5, 0.6) is 0 Å². The predicted octanol–water partition coefficient (Wildman–Crippen LogP) is 1.11. The number of hydrogen-bond donors (Lipinski definition) is 2. The van der Waals surface area contributed by atoms with Crippen LogP contribution in [-0.2, 0) is 11.3 Å². The normalized spacial score (nSPS) is 13.2. The molecule has 0 radical (unpaired) electrons. The summed E-state index contributed by atoms with van der Waals surface area (Å²) in [6, 6.07) is 6.60. The van der Waals surface area contributed by atoms with Crippen LogP contribution in [-0.4, -0.2) is 37.7 Å². The van der Waals surface area contributed by atoms with Gasteiger partial charge in [-0.1, -0.05) is 18.2 Å². The lowest BCUT2D eigenvalue weighted by Crippen LogP contribution is -2.43. The average molecular weight is 268 g/mol. The lowest BCUT2D eigenvalue weighted by molar-refractivity contribution is 0.185. The second kappa shape index (κ2) is 7.70. The average Bonchev–Trinajstić information content (AvgIpc) is 2.39. The Kier molecular flexibility index (Phi) is 6.24. The number of ether oxygens (including phenoxy) is 1. The Morgan fingerprint density at radius 1 is 1.53 bits per heavy atom. The highest BCUT2D eigenvalue weighted by Gasteiger charge is 2.10. The minimum atomic E-state index is -0.240. The van der Waals surface area contributed by atoms with Gasteiger partial charge in [-0.3, -0.25) is 5.43 Å². The first kappa shape index (κ1) is 15.4. The summed E-state index contributed by atoms with van der Waals surface area (Å²) in [5.41, 5.74) is 3.12. The summed E-state index contributed by atoms with van der Waals surface area (Å²) in [6.45, 7) is 2.80. The summed E-state index contributed by atoms with van der Waals surface area (Å²) in [5.74, 6) is 5.71. The smallest absolute Gasteiger partial charge is 0.208 e. The summed E-state index contributed by atoms with van der Waals surface area (Å²) in [7, 11) is 3.41. The Bertz CT molecular complexity index is 425. The molecule has 1 aromatic rings. The fourth-order valence-corrected chi connectivity index (χ4v) is 1.69. The molecule has 0 heterocycles. The molecule has 1 atom stereocenters. The molecule has 0 aliphatic carbocycles. The fourth-order valence-electron chi connectivity index (χ4n) is 1.69. The van der Waals surface area contributed by atoms with Crippen LogP contribution in [0.1, 0.15) is 12.5 Å². The Hall–Kier alpha value is -1.66. The largest absolute Gasteiger partial charge is 0.382 e. The molecule has 0 bridgehead atoms. The van der Waals surface area contributed by atoms with Crippen LogP contribution in [0.15, 0.2) is 29.3 Å². The van der Waals surface area contributed by atoms with Gasteiger partial charge in [-0.05, 0) is 13.0 Å². The van der Waals surface area contributed by atoms with Gasteiger partial charge >= 0.3 is 0 Å². The number of nitrogens with two attached hydrogens (primary N) is 1. The number of methoxy groups -OCH3 is 1. The second-order valence-corrected chi connectivity index (χ2v) is 4.35. The SMILES string of the molecule is COCC(C)N=C(NN)N(C)Cc1ccccc1F. The topological polar surface area (TPSA) is 62.9 Å². The molecule has 106 valence electrons. The van der Waals surface area contributed by atoms with Gasteiger partial charge in [0.25, 0.3) is 0 Å². The van der Waals surface area contributed by atoms with Gasteiger partial charge in [-0.15, -0.1) is 0 Å². The molecule has 0 aliphatic rings. The summed E-state index contributed by atoms with van der Waals surface area (Å²) >= 11 is 0. The van der Waals surface area contributed by atoms with Crippen molar-refractivity contribution >= 4 is 5.96 Å². The zero-order valence-electron chi connectivity index (χ0n) is 11.6. The molecule has 6 heteroatoms. The van der Waals surface area contributed by atoms with E-state index in [0.29, 0.717) is 24.7 Å². The molecule has 0 saturated carbocycles.